The molecule has 3 aromatic carbocycles. The third kappa shape index (κ3) is 6.52. The van der Waals surface area contributed by atoms with Crippen LogP contribution in [-0.4, -0.2) is 60.3 Å². The van der Waals surface area contributed by atoms with Crippen LogP contribution < -0.4 is 14.4 Å². The lowest BCUT2D eigenvalue weighted by molar-refractivity contribution is 0.0686. The van der Waals surface area contributed by atoms with Crippen LogP contribution in [0.15, 0.2) is 79.3 Å². The van der Waals surface area contributed by atoms with Crippen molar-refractivity contribution in [2.24, 2.45) is 0 Å². The molecule has 2 atom stereocenters. The van der Waals surface area contributed by atoms with Gasteiger partial charge in [-0.1, -0.05) is 47.5 Å². The number of rotatable bonds is 11. The number of anilines is 1. The number of fused-ring (bicyclic) bond motifs is 4. The van der Waals surface area contributed by atoms with Gasteiger partial charge in [-0.3, -0.25) is 14.7 Å². The van der Waals surface area contributed by atoms with Gasteiger partial charge in [0.1, 0.15) is 34.7 Å². The summed E-state index contributed by atoms with van der Waals surface area (Å²) in [6.45, 7) is 10.4. The number of amides is 1. The highest BCUT2D eigenvalue weighted by molar-refractivity contribution is 6.32. The molecule has 0 saturated carbocycles. The number of carboxylic acid groups (broad SMARTS) is 1. The van der Waals surface area contributed by atoms with E-state index in [1.165, 1.54) is 7.11 Å². The van der Waals surface area contributed by atoms with Crippen LogP contribution in [0, 0.1) is 27.7 Å². The number of ether oxygens (including phenoxy) is 2. The van der Waals surface area contributed by atoms with E-state index in [1.807, 2.05) is 71.0 Å². The van der Waals surface area contributed by atoms with E-state index in [0.29, 0.717) is 53.2 Å². The fraction of sp³-hybridized carbons (Fsp3) is 0.267. The van der Waals surface area contributed by atoms with Crippen LogP contribution in [0.5, 0.6) is 11.5 Å². The van der Waals surface area contributed by atoms with Gasteiger partial charge < -0.3 is 23.7 Å². The number of para-hydroxylation sites is 1. The third-order valence-corrected chi connectivity index (χ3v) is 12.2. The normalized spacial score (nSPS) is 15.3. The molecule has 1 unspecified atom stereocenters. The van der Waals surface area contributed by atoms with E-state index < -0.39 is 17.5 Å². The van der Waals surface area contributed by atoms with Gasteiger partial charge in [-0.25, -0.2) is 14.8 Å². The molecule has 0 radical (unpaired) electrons. The minimum Gasteiger partial charge on any atom is -0.496 e. The zero-order chi connectivity index (χ0) is 41.0. The summed E-state index contributed by atoms with van der Waals surface area (Å²) in [6.07, 6.45) is 4.35. The van der Waals surface area contributed by atoms with Crippen molar-refractivity contribution in [3.8, 4) is 22.6 Å². The van der Waals surface area contributed by atoms with Crippen LogP contribution in [0.4, 0.5) is 5.69 Å². The molecule has 1 aliphatic rings. The molecule has 11 nitrogen and oxygen atoms in total. The van der Waals surface area contributed by atoms with E-state index in [4.69, 9.17) is 32.7 Å². The van der Waals surface area contributed by atoms with Crippen molar-refractivity contribution in [2.75, 3.05) is 18.6 Å². The van der Waals surface area contributed by atoms with Crippen molar-refractivity contribution in [1.29, 1.82) is 0 Å². The second-order valence-electron chi connectivity index (χ2n) is 14.7. The first-order valence-electron chi connectivity index (χ1n) is 19.1. The Hall–Kier alpha value is -5.91. The Bertz CT molecular complexity index is 2720. The van der Waals surface area contributed by atoms with Crippen LogP contribution in [0.25, 0.3) is 32.9 Å². The number of benzene rings is 3. The molecule has 0 spiro atoms. The fourth-order valence-corrected chi connectivity index (χ4v) is 8.86. The lowest BCUT2D eigenvalue weighted by Gasteiger charge is -2.39. The van der Waals surface area contributed by atoms with Crippen LogP contribution in [0.3, 0.4) is 0 Å². The minimum absolute atomic E-state index is 0.0244. The third-order valence-electron chi connectivity index (χ3n) is 11.1. The van der Waals surface area contributed by atoms with Gasteiger partial charge in [-0.05, 0) is 107 Å². The number of carbonyl (C=O) groups excluding carboxylic acids is 1. The van der Waals surface area contributed by atoms with Gasteiger partial charge in [-0.2, -0.15) is 0 Å². The minimum atomic E-state index is -1.13. The van der Waals surface area contributed by atoms with Crippen molar-refractivity contribution in [3.63, 3.8) is 0 Å². The van der Waals surface area contributed by atoms with Crippen LogP contribution in [0.1, 0.15) is 74.1 Å². The first-order valence-corrected chi connectivity index (χ1v) is 19.9. The van der Waals surface area contributed by atoms with E-state index in [-0.39, 0.29) is 18.1 Å². The molecule has 0 fully saturated rings. The van der Waals surface area contributed by atoms with Crippen molar-refractivity contribution < 1.29 is 24.2 Å². The summed E-state index contributed by atoms with van der Waals surface area (Å²) in [5.41, 5.74) is 8.31. The summed E-state index contributed by atoms with van der Waals surface area (Å²) in [5, 5.41) is 12.6. The van der Waals surface area contributed by atoms with Crippen molar-refractivity contribution in [3.05, 3.63) is 129 Å². The standard InChI is InChI=1S/C45H42Cl2N6O5/c1-24-19-30(20-25(2)39(24)46)58-18-10-14-32-31-12-9-13-33(38-26(3)49-23-50-27(38)4)40(31)52-28(5)43(47)53(44(54)42(32)52)35-15-16-37(57-6)34-21-36(45(55)56)51(41(34)35)22-29-11-7-8-17-48-29/h7-9,11-13,15-17,19-21,23,28,43H,10,14,18,22H2,1-6H3,(H,55,56)/t28-,43?/m1/s1. The Morgan fingerprint density at radius 1 is 0.914 bits per heavy atom. The number of methoxy groups -OCH3 is 1. The van der Waals surface area contributed by atoms with Crippen LogP contribution in [0.2, 0.25) is 5.02 Å². The Morgan fingerprint density at radius 2 is 1.66 bits per heavy atom. The molecule has 0 aliphatic carbocycles. The summed E-state index contributed by atoms with van der Waals surface area (Å²) in [6, 6.07) is 20.1. The molecule has 4 aromatic heterocycles. The molecule has 0 saturated heterocycles. The topological polar surface area (TPSA) is 125 Å². The van der Waals surface area contributed by atoms with Gasteiger partial charge in [0, 0.05) is 44.5 Å². The van der Waals surface area contributed by atoms with Crippen LogP contribution >= 0.6 is 23.2 Å². The fourth-order valence-electron chi connectivity index (χ4n) is 8.45. The molecule has 58 heavy (non-hydrogen) atoms. The molecule has 5 heterocycles. The second kappa shape index (κ2) is 15.4. The van der Waals surface area contributed by atoms with Gasteiger partial charge in [0.05, 0.1) is 48.7 Å². The first kappa shape index (κ1) is 38.9. The smallest absolute Gasteiger partial charge is 0.352 e. The number of carbonyl (C=O) groups is 2. The molecule has 7 aromatic rings. The number of carboxylic acids is 1. The number of aryl methyl sites for hydroxylation is 5. The number of alkyl halides is 1. The monoisotopic (exact) mass is 816 g/mol. The van der Waals surface area contributed by atoms with Crippen LogP contribution in [-0.2, 0) is 13.0 Å². The number of aromatic nitrogens is 5. The first-order chi connectivity index (χ1) is 27.9. The zero-order valence-corrected chi connectivity index (χ0v) is 34.5. The Balaban J connectivity index is 1.31. The van der Waals surface area contributed by atoms with Gasteiger partial charge in [0.15, 0.2) is 0 Å². The largest absolute Gasteiger partial charge is 0.496 e. The average Bonchev–Trinajstić information content (AvgIpc) is 3.75. The maximum absolute atomic E-state index is 15.5. The highest BCUT2D eigenvalue weighted by Gasteiger charge is 2.42. The van der Waals surface area contributed by atoms with Crippen molar-refractivity contribution >= 4 is 62.6 Å². The number of hydrogen-bond donors (Lipinski definition) is 1. The molecular formula is C45H42Cl2N6O5. The van der Waals surface area contributed by atoms with Gasteiger partial charge in [0.25, 0.3) is 5.91 Å². The number of pyridine rings is 1. The molecule has 1 N–H and O–H groups in total. The molecule has 0 bridgehead atoms. The van der Waals surface area contributed by atoms with E-state index in [1.54, 1.807) is 46.3 Å². The Kier molecular flexibility index (Phi) is 10.4. The predicted octanol–water partition coefficient (Wildman–Crippen LogP) is 9.89. The highest BCUT2D eigenvalue weighted by atomic mass is 35.5. The molecular weight excluding hydrogens is 775 g/mol. The van der Waals surface area contributed by atoms with E-state index >= 15 is 4.79 Å². The van der Waals surface area contributed by atoms with Crippen molar-refractivity contribution in [1.82, 2.24) is 24.1 Å². The summed E-state index contributed by atoms with van der Waals surface area (Å²) >= 11 is 13.9. The summed E-state index contributed by atoms with van der Waals surface area (Å²) in [5.74, 6) is -0.241. The van der Waals surface area contributed by atoms with Crippen molar-refractivity contribution in [2.45, 2.75) is 65.5 Å². The maximum atomic E-state index is 15.5. The summed E-state index contributed by atoms with van der Waals surface area (Å²) in [7, 11) is 1.53. The molecule has 1 amide bonds. The van der Waals surface area contributed by atoms with E-state index in [0.717, 1.165) is 60.9 Å². The Morgan fingerprint density at radius 3 is 2.33 bits per heavy atom. The molecule has 1 aliphatic heterocycles. The number of halogens is 2. The predicted molar refractivity (Wildman–Crippen MR) is 227 cm³/mol. The summed E-state index contributed by atoms with van der Waals surface area (Å²) < 4.78 is 15.7. The quantitative estimate of drug-likeness (QED) is 0.0778. The lowest BCUT2D eigenvalue weighted by atomic mass is 9.98. The number of nitrogens with zero attached hydrogens (tertiary/aromatic N) is 6. The van der Waals surface area contributed by atoms with Gasteiger partial charge in [-0.15, -0.1) is 0 Å². The molecule has 13 heteroatoms. The van der Waals surface area contributed by atoms with E-state index in [9.17, 15) is 9.90 Å². The molecule has 8 rings (SSSR count). The second-order valence-corrected chi connectivity index (χ2v) is 15.5. The number of aromatic carboxylic acids is 1. The van der Waals surface area contributed by atoms with E-state index in [2.05, 4.69) is 25.6 Å². The SMILES string of the molecule is COc1ccc(N2C(=O)c3c(CCCOc4cc(C)c(Cl)c(C)c4)c4cccc(-c5c(C)ncnc5C)c4n3[C@H](C)C2Cl)c2c1cc(C(=O)O)n2Cc1ccccn1. The van der Waals surface area contributed by atoms with Gasteiger partial charge >= 0.3 is 5.97 Å². The maximum Gasteiger partial charge on any atom is 0.352 e. The zero-order valence-electron chi connectivity index (χ0n) is 33.0. The number of hydrogen-bond acceptors (Lipinski definition) is 7. The lowest BCUT2D eigenvalue weighted by Crippen LogP contribution is -2.48. The summed E-state index contributed by atoms with van der Waals surface area (Å²) in [4.78, 5) is 43.5. The average molecular weight is 818 g/mol. The van der Waals surface area contributed by atoms with Gasteiger partial charge in [0.2, 0.25) is 0 Å². The Labute approximate surface area is 345 Å². The highest BCUT2D eigenvalue weighted by Crippen LogP contribution is 2.46. The molecule has 296 valence electrons.